The Hall–Kier alpha value is -3.52. The maximum atomic E-state index is 13.3. The number of nitrogens with zero attached hydrogens (tertiary/aromatic N) is 2. The molecule has 4 heterocycles. The topological polar surface area (TPSA) is 157 Å². The molecule has 50 heavy (non-hydrogen) atoms. The predicted molar refractivity (Wildman–Crippen MR) is 183 cm³/mol. The van der Waals surface area contributed by atoms with E-state index in [1.54, 1.807) is 17.9 Å². The lowest BCUT2D eigenvalue weighted by molar-refractivity contribution is -0.442. The van der Waals surface area contributed by atoms with Gasteiger partial charge >= 0.3 is 11.6 Å². The molecule has 3 saturated heterocycles. The Morgan fingerprint density at radius 1 is 1.06 bits per heavy atom. The summed E-state index contributed by atoms with van der Waals surface area (Å²) in [6.07, 6.45) is 3.91. The maximum absolute atomic E-state index is 13.3. The number of piperidine rings is 1. The van der Waals surface area contributed by atoms with Crippen molar-refractivity contribution < 1.29 is 43.2 Å². The second-order valence-corrected chi connectivity index (χ2v) is 14.5. The number of likely N-dealkylation sites (tertiary alicyclic amines) is 1. The number of anilines is 1. The van der Waals surface area contributed by atoms with Crippen LogP contribution >= 0.6 is 0 Å². The largest absolute Gasteiger partial charge is 0.435 e. The van der Waals surface area contributed by atoms with E-state index in [2.05, 4.69) is 24.1 Å². The first-order valence-corrected chi connectivity index (χ1v) is 18.3. The molecule has 4 fully saturated rings. The summed E-state index contributed by atoms with van der Waals surface area (Å²) in [4.78, 5) is 60.3. The van der Waals surface area contributed by atoms with Crippen LogP contribution in [-0.2, 0) is 28.7 Å². The van der Waals surface area contributed by atoms with Crippen molar-refractivity contribution in [2.75, 3.05) is 31.1 Å². The van der Waals surface area contributed by atoms with E-state index in [0.717, 1.165) is 44.5 Å². The highest BCUT2D eigenvalue weighted by atomic mass is 17.1. The molecule has 1 aliphatic carbocycles. The van der Waals surface area contributed by atoms with Crippen molar-refractivity contribution >= 4 is 34.4 Å². The zero-order chi connectivity index (χ0) is 35.6. The van der Waals surface area contributed by atoms with Crippen LogP contribution in [0.1, 0.15) is 95.8 Å². The number of nitrogens with one attached hydrogen (secondary N) is 1. The molecule has 0 bridgehead atoms. The van der Waals surface area contributed by atoms with E-state index in [-0.39, 0.29) is 48.1 Å². The van der Waals surface area contributed by atoms with Crippen molar-refractivity contribution in [3.63, 3.8) is 0 Å². The molecule has 7 atom stereocenters. The minimum absolute atomic E-state index is 0.00877. The number of hydrogen-bond donors (Lipinski definition) is 2. The van der Waals surface area contributed by atoms with Crippen molar-refractivity contribution in [2.45, 2.75) is 110 Å². The van der Waals surface area contributed by atoms with Crippen LogP contribution in [0, 0.1) is 23.7 Å². The van der Waals surface area contributed by atoms with Crippen LogP contribution < -0.4 is 15.8 Å². The number of rotatable bonds is 10. The molecular formula is C37H51N3O10. The molecule has 4 aliphatic rings. The Morgan fingerprint density at radius 2 is 1.82 bits per heavy atom. The van der Waals surface area contributed by atoms with E-state index in [1.807, 2.05) is 25.1 Å². The summed E-state index contributed by atoms with van der Waals surface area (Å²) in [6.45, 7) is 10.2. The first-order valence-electron chi connectivity index (χ1n) is 18.3. The molecule has 1 aromatic heterocycles. The molecule has 2 N–H and O–H groups in total. The van der Waals surface area contributed by atoms with Crippen LogP contribution in [0.15, 0.2) is 33.5 Å². The van der Waals surface area contributed by atoms with E-state index in [4.69, 9.17) is 23.5 Å². The molecular weight excluding hydrogens is 646 g/mol. The minimum atomic E-state index is -1.19. The fraction of sp³-hybridized carbons (Fsp3) is 0.676. The van der Waals surface area contributed by atoms with Gasteiger partial charge in [-0.15, -0.1) is 0 Å². The Bertz CT molecular complexity index is 1600. The second kappa shape index (κ2) is 15.4. The van der Waals surface area contributed by atoms with E-state index < -0.39 is 35.9 Å². The van der Waals surface area contributed by atoms with Crippen LogP contribution in [0.3, 0.4) is 0 Å². The molecule has 2 aromatic rings. The zero-order valence-electron chi connectivity index (χ0n) is 29.6. The summed E-state index contributed by atoms with van der Waals surface area (Å²) < 4.78 is 23.7. The third-order valence-electron chi connectivity index (χ3n) is 11.4. The average molecular weight is 698 g/mol. The van der Waals surface area contributed by atoms with Crippen molar-refractivity contribution in [1.82, 2.24) is 10.2 Å². The third kappa shape index (κ3) is 7.70. The summed E-state index contributed by atoms with van der Waals surface area (Å²) in [5.74, 6) is -1.67. The van der Waals surface area contributed by atoms with Gasteiger partial charge in [0.25, 0.3) is 5.91 Å². The van der Waals surface area contributed by atoms with E-state index >= 15 is 0 Å². The number of ether oxygens (including phenoxy) is 3. The molecule has 6 rings (SSSR count). The first-order chi connectivity index (χ1) is 24.0. The lowest BCUT2D eigenvalue weighted by Crippen LogP contribution is -2.53. The molecule has 2 amide bonds. The van der Waals surface area contributed by atoms with Crippen LogP contribution in [0.2, 0.25) is 0 Å². The normalized spacial score (nSPS) is 29.9. The summed E-state index contributed by atoms with van der Waals surface area (Å²) >= 11 is 0. The zero-order valence-corrected chi connectivity index (χ0v) is 29.6. The molecule has 13 heteroatoms. The Labute approximate surface area is 292 Å². The number of amides is 2. The van der Waals surface area contributed by atoms with Gasteiger partial charge < -0.3 is 33.7 Å². The molecule has 13 nitrogen and oxygen atoms in total. The van der Waals surface area contributed by atoms with Crippen molar-refractivity contribution in [3.8, 4) is 0 Å². The van der Waals surface area contributed by atoms with Gasteiger partial charge in [0.15, 0.2) is 6.29 Å². The fourth-order valence-corrected chi connectivity index (χ4v) is 8.47. The van der Waals surface area contributed by atoms with Gasteiger partial charge in [0.05, 0.1) is 6.42 Å². The quantitative estimate of drug-likeness (QED) is 0.148. The highest BCUT2D eigenvalue weighted by Gasteiger charge is 2.54. The summed E-state index contributed by atoms with van der Waals surface area (Å²) in [7, 11) is 0. The lowest BCUT2D eigenvalue weighted by Gasteiger charge is -2.49. The van der Waals surface area contributed by atoms with Gasteiger partial charge in [0, 0.05) is 74.0 Å². The third-order valence-corrected chi connectivity index (χ3v) is 11.4. The monoisotopic (exact) mass is 697 g/mol. The molecule has 1 aromatic carbocycles. The van der Waals surface area contributed by atoms with Crippen LogP contribution in [-0.4, -0.2) is 78.5 Å². The van der Waals surface area contributed by atoms with Gasteiger partial charge in [0.2, 0.25) is 18.0 Å². The molecule has 1 saturated carbocycles. The number of carbonyl (C=O) groups is 3. The van der Waals surface area contributed by atoms with Crippen molar-refractivity contribution in [3.05, 3.63) is 40.2 Å². The van der Waals surface area contributed by atoms with Crippen molar-refractivity contribution in [1.29, 1.82) is 0 Å². The van der Waals surface area contributed by atoms with Crippen LogP contribution in [0.5, 0.6) is 0 Å². The van der Waals surface area contributed by atoms with Crippen molar-refractivity contribution in [2.24, 2.45) is 23.7 Å². The van der Waals surface area contributed by atoms with Gasteiger partial charge in [-0.2, -0.15) is 0 Å². The first kappa shape index (κ1) is 36.3. The van der Waals surface area contributed by atoms with Gasteiger partial charge in [-0.05, 0) is 82.9 Å². The number of fused-ring (bicyclic) bond motifs is 1. The summed E-state index contributed by atoms with van der Waals surface area (Å²) in [6, 6.07) is 7.07. The second-order valence-electron chi connectivity index (χ2n) is 14.5. The fourth-order valence-electron chi connectivity index (χ4n) is 8.47. The van der Waals surface area contributed by atoms with Gasteiger partial charge in [-0.1, -0.05) is 13.3 Å². The van der Waals surface area contributed by atoms with Crippen LogP contribution in [0.25, 0.3) is 11.0 Å². The van der Waals surface area contributed by atoms with E-state index in [9.17, 15) is 24.4 Å². The average Bonchev–Trinajstić information content (AvgIpc) is 3.26. The minimum Gasteiger partial charge on any atom is -0.435 e. The molecule has 0 radical (unpaired) electrons. The smallest absolute Gasteiger partial charge is 0.349 e. The Morgan fingerprint density at radius 3 is 2.54 bits per heavy atom. The highest BCUT2D eigenvalue weighted by molar-refractivity contribution is 5.97. The highest BCUT2D eigenvalue weighted by Crippen LogP contribution is 2.52. The Balaban J connectivity index is 0.971. The lowest BCUT2D eigenvalue weighted by atomic mass is 9.65. The summed E-state index contributed by atoms with van der Waals surface area (Å²) in [5.41, 5.74) is 0.709. The molecule has 7 unspecified atom stereocenters. The van der Waals surface area contributed by atoms with Gasteiger partial charge in [0.1, 0.15) is 11.1 Å². The Kier molecular flexibility index (Phi) is 11.2. The summed E-state index contributed by atoms with van der Waals surface area (Å²) in [5, 5.41) is 13.2. The number of esters is 1. The molecule has 274 valence electrons. The maximum Gasteiger partial charge on any atom is 0.349 e. The van der Waals surface area contributed by atoms with Gasteiger partial charge in [-0.25, -0.2) is 14.9 Å². The molecule has 0 spiro atoms. The standard InChI is InChI=1S/C37H51N3O10/c1-5-39(6-2)26-11-10-24-20-28(34(44)46-29(24)21-26)33(43)40-18-15-25(16-19-40)38-30(41)12-13-31(42)47-35-22(3)27-9-7-8-23-14-17-37(4,50-45)49-36(48-35)32(23)27/h10-11,20-23,25,27,32,35-36,45H,5-9,12-19H2,1-4H3,(H,38,41). The molecule has 3 aliphatic heterocycles. The SMILES string of the molecule is CCN(CC)c1ccc2cc(C(=O)N3CCC(NC(=O)CCC(=O)OC4OC5OC(C)(OO)CCC6CCCC(C4C)C65)CC3)c(=O)oc2c1. The van der Waals surface area contributed by atoms with E-state index in [1.165, 1.54) is 0 Å². The van der Waals surface area contributed by atoms with E-state index in [0.29, 0.717) is 49.2 Å². The number of carbonyl (C=O) groups excluding carboxylic acids is 3. The van der Waals surface area contributed by atoms with Gasteiger partial charge in [-0.3, -0.25) is 14.4 Å². The number of hydrogen-bond acceptors (Lipinski definition) is 11. The predicted octanol–water partition coefficient (Wildman–Crippen LogP) is 5.05. The van der Waals surface area contributed by atoms with Crippen LogP contribution in [0.4, 0.5) is 5.69 Å². The number of benzene rings is 1.